The fourth-order valence-electron chi connectivity index (χ4n) is 1.82. The molecule has 2 aromatic rings. The number of halogens is 2. The number of carboxylic acids is 2. The quantitative estimate of drug-likeness (QED) is 0.627. The third-order valence-electron chi connectivity index (χ3n) is 2.97. The summed E-state index contributed by atoms with van der Waals surface area (Å²) in [5.41, 5.74) is 1.60. The molecule has 0 aliphatic carbocycles. The van der Waals surface area contributed by atoms with Gasteiger partial charge in [0.25, 0.3) is 0 Å². The zero-order valence-electron chi connectivity index (χ0n) is 14.8. The molecule has 0 aliphatic heterocycles. The summed E-state index contributed by atoms with van der Waals surface area (Å²) in [4.78, 5) is 20.2. The van der Waals surface area contributed by atoms with E-state index in [0.29, 0.717) is 21.5 Å². The van der Waals surface area contributed by atoms with Crippen molar-refractivity contribution < 1.29 is 29.3 Å². The molecule has 0 fully saturated rings. The second-order valence-corrected chi connectivity index (χ2v) is 6.01. The van der Waals surface area contributed by atoms with Crippen LogP contribution < -0.4 is 19.7 Å². The van der Waals surface area contributed by atoms with Crippen molar-refractivity contribution >= 4 is 72.9 Å². The van der Waals surface area contributed by atoms with Gasteiger partial charge in [-0.3, -0.25) is 0 Å². The van der Waals surface area contributed by atoms with Crippen molar-refractivity contribution in [2.75, 3.05) is 13.2 Å². The number of rotatable bonds is 6. The zero-order valence-corrected chi connectivity index (χ0v) is 18.5. The number of carbonyl (C=O) groups is 2. The van der Waals surface area contributed by atoms with E-state index in [9.17, 15) is 19.8 Å². The second kappa shape index (κ2) is 13.1. The molecule has 0 unspecified atom stereocenters. The van der Waals surface area contributed by atoms with Crippen molar-refractivity contribution in [3.8, 4) is 11.5 Å². The molecule has 0 aliphatic rings. The predicted molar refractivity (Wildman–Crippen MR) is 99.1 cm³/mol. The molecule has 0 atom stereocenters. The number of aliphatic carboxylic acids is 2. The van der Waals surface area contributed by atoms with Crippen LogP contribution in [0.4, 0.5) is 0 Å². The van der Waals surface area contributed by atoms with Gasteiger partial charge in [0.15, 0.2) is 0 Å². The third kappa shape index (κ3) is 10.7. The number of ether oxygens (including phenoxy) is 2. The van der Waals surface area contributed by atoms with Gasteiger partial charge < -0.3 is 29.3 Å². The van der Waals surface area contributed by atoms with Gasteiger partial charge in [0.1, 0.15) is 24.7 Å². The molecule has 9 heteroatoms. The average molecular weight is 439 g/mol. The molecule has 0 bridgehead atoms. The monoisotopic (exact) mass is 438 g/mol. The van der Waals surface area contributed by atoms with Crippen molar-refractivity contribution in [2.45, 2.75) is 13.8 Å². The van der Waals surface area contributed by atoms with Gasteiger partial charge in [0.2, 0.25) is 0 Å². The summed E-state index contributed by atoms with van der Waals surface area (Å²) >= 11 is 11.4. The van der Waals surface area contributed by atoms with E-state index in [4.69, 9.17) is 32.7 Å². The zero-order chi connectivity index (χ0) is 19.7. The van der Waals surface area contributed by atoms with Gasteiger partial charge in [-0.25, -0.2) is 0 Å². The topological polar surface area (TPSA) is 98.7 Å². The van der Waals surface area contributed by atoms with Crippen LogP contribution in [0.5, 0.6) is 11.5 Å². The van der Waals surface area contributed by atoms with Gasteiger partial charge >= 0.3 is 37.7 Å². The smallest absolute Gasteiger partial charge is 0.546 e. The van der Waals surface area contributed by atoms with E-state index in [1.807, 2.05) is 0 Å². The Morgan fingerprint density at radius 3 is 1.41 bits per heavy atom. The standard InChI is InChI=1S/2C9H9ClO3.Ca/c2*1-6-4-7(10)2-3-8(6)13-5-9(11)12;/h2*2-4H,5H2,1H3,(H,11,12);/q;;+2/p-2. The first kappa shape index (κ1) is 25.8. The molecular weight excluding hydrogens is 423 g/mol. The summed E-state index contributed by atoms with van der Waals surface area (Å²) in [5.74, 6) is -1.47. The van der Waals surface area contributed by atoms with E-state index >= 15 is 0 Å². The summed E-state index contributed by atoms with van der Waals surface area (Å²) < 4.78 is 9.87. The first-order valence-electron chi connectivity index (χ1n) is 7.36. The minimum Gasteiger partial charge on any atom is -0.546 e. The number of carboxylic acid groups (broad SMARTS) is 2. The van der Waals surface area contributed by atoms with Crippen molar-refractivity contribution in [3.05, 3.63) is 57.6 Å². The van der Waals surface area contributed by atoms with Gasteiger partial charge in [-0.1, -0.05) is 23.2 Å². The molecular formula is C18H16CaCl2O6. The molecule has 0 amide bonds. The number of hydrogen-bond acceptors (Lipinski definition) is 6. The van der Waals surface area contributed by atoms with Crippen LogP contribution in [-0.2, 0) is 9.59 Å². The van der Waals surface area contributed by atoms with Crippen LogP contribution in [0.3, 0.4) is 0 Å². The van der Waals surface area contributed by atoms with E-state index in [1.54, 1.807) is 50.2 Å². The fraction of sp³-hybridized carbons (Fsp3) is 0.222. The van der Waals surface area contributed by atoms with Gasteiger partial charge in [-0.2, -0.15) is 0 Å². The summed E-state index contributed by atoms with van der Waals surface area (Å²) in [6.07, 6.45) is 0. The molecule has 0 aromatic heterocycles. The maximum atomic E-state index is 10.1. The van der Waals surface area contributed by atoms with E-state index in [2.05, 4.69) is 0 Å². The number of hydrogen-bond donors (Lipinski definition) is 0. The van der Waals surface area contributed by atoms with E-state index in [1.165, 1.54) is 0 Å². The van der Waals surface area contributed by atoms with Crippen LogP contribution in [0.25, 0.3) is 0 Å². The second-order valence-electron chi connectivity index (χ2n) is 5.14. The van der Waals surface area contributed by atoms with Crippen LogP contribution in [0, 0.1) is 13.8 Å². The van der Waals surface area contributed by atoms with Crippen molar-refractivity contribution in [1.82, 2.24) is 0 Å². The van der Waals surface area contributed by atoms with E-state index < -0.39 is 25.2 Å². The molecule has 140 valence electrons. The van der Waals surface area contributed by atoms with Crippen molar-refractivity contribution in [1.29, 1.82) is 0 Å². The molecule has 0 heterocycles. The fourth-order valence-corrected chi connectivity index (χ4v) is 2.28. The van der Waals surface area contributed by atoms with E-state index in [-0.39, 0.29) is 37.7 Å². The molecule has 0 radical (unpaired) electrons. The third-order valence-corrected chi connectivity index (χ3v) is 3.44. The molecule has 0 saturated carbocycles. The Labute approximate surface area is 197 Å². The summed E-state index contributed by atoms with van der Waals surface area (Å²) in [6, 6.07) is 9.93. The summed E-state index contributed by atoms with van der Waals surface area (Å²) in [7, 11) is 0. The summed E-state index contributed by atoms with van der Waals surface area (Å²) in [5, 5.41) is 21.4. The van der Waals surface area contributed by atoms with Gasteiger partial charge in [-0.05, 0) is 61.4 Å². The predicted octanol–water partition coefficient (Wildman–Crippen LogP) is 1.17. The largest absolute Gasteiger partial charge is 2.00 e. The molecule has 2 aromatic carbocycles. The first-order chi connectivity index (χ1) is 12.2. The van der Waals surface area contributed by atoms with Gasteiger partial charge in [0.05, 0.1) is 11.9 Å². The molecule has 27 heavy (non-hydrogen) atoms. The minimum absolute atomic E-state index is 0. The Morgan fingerprint density at radius 2 is 1.15 bits per heavy atom. The normalized spacial score (nSPS) is 9.33. The Balaban J connectivity index is 0.000000483. The molecule has 6 nitrogen and oxygen atoms in total. The SMILES string of the molecule is Cc1cc(Cl)ccc1OCC(=O)[O-].Cc1cc(Cl)ccc1OCC(=O)[O-].[Ca+2]. The molecule has 0 N–H and O–H groups in total. The maximum Gasteiger partial charge on any atom is 2.00 e. The van der Waals surface area contributed by atoms with Crippen molar-refractivity contribution in [2.24, 2.45) is 0 Å². The molecule has 0 spiro atoms. The van der Waals surface area contributed by atoms with Crippen LogP contribution in [0.1, 0.15) is 11.1 Å². The van der Waals surface area contributed by atoms with Crippen LogP contribution in [0.2, 0.25) is 10.0 Å². The average Bonchev–Trinajstić information content (AvgIpc) is 2.53. The summed E-state index contributed by atoms with van der Waals surface area (Å²) in [6.45, 7) is 2.69. The number of carbonyl (C=O) groups excluding carboxylic acids is 2. The van der Waals surface area contributed by atoms with Gasteiger partial charge in [0, 0.05) is 10.0 Å². The molecule has 2 rings (SSSR count). The number of benzene rings is 2. The van der Waals surface area contributed by atoms with Crippen LogP contribution in [-0.4, -0.2) is 62.9 Å². The first-order valence-corrected chi connectivity index (χ1v) is 8.12. The van der Waals surface area contributed by atoms with Crippen LogP contribution in [0.15, 0.2) is 36.4 Å². The Kier molecular flexibility index (Phi) is 12.5. The van der Waals surface area contributed by atoms with E-state index in [0.717, 1.165) is 11.1 Å². The Hall–Kier alpha value is -1.18. The van der Waals surface area contributed by atoms with Gasteiger partial charge in [-0.15, -0.1) is 0 Å². The molecule has 0 saturated heterocycles. The van der Waals surface area contributed by atoms with Crippen LogP contribution >= 0.6 is 23.2 Å². The van der Waals surface area contributed by atoms with Crippen molar-refractivity contribution in [3.63, 3.8) is 0 Å². The maximum absolute atomic E-state index is 10.1. The Bertz CT molecular complexity index is 717. The number of aryl methyl sites for hydroxylation is 2. The Morgan fingerprint density at radius 1 is 0.815 bits per heavy atom. The minimum atomic E-state index is -1.24.